The Bertz CT molecular complexity index is 633. The lowest BCUT2D eigenvalue weighted by molar-refractivity contribution is -0.00840. The molecule has 2 aromatic carbocycles. The van der Waals surface area contributed by atoms with Crippen LogP contribution >= 0.6 is 0 Å². The first-order valence-electron chi connectivity index (χ1n) is 8.15. The van der Waals surface area contributed by atoms with Crippen molar-refractivity contribution in [2.24, 2.45) is 0 Å². The maximum Gasteiger partial charge on any atom is 0.118 e. The Morgan fingerprint density at radius 3 is 2.04 bits per heavy atom. The Labute approximate surface area is 137 Å². The van der Waals surface area contributed by atoms with Gasteiger partial charge in [-0.3, -0.25) is 0 Å². The van der Waals surface area contributed by atoms with Gasteiger partial charge in [-0.2, -0.15) is 0 Å². The maximum absolute atomic E-state index is 11.2. The van der Waals surface area contributed by atoms with E-state index in [2.05, 4.69) is 12.1 Å². The molecule has 0 heterocycles. The fourth-order valence-electron chi connectivity index (χ4n) is 3.58. The van der Waals surface area contributed by atoms with Crippen molar-refractivity contribution in [3.8, 4) is 11.5 Å². The molecule has 0 amide bonds. The second-order valence-corrected chi connectivity index (χ2v) is 6.33. The van der Waals surface area contributed by atoms with Gasteiger partial charge in [0.1, 0.15) is 11.5 Å². The zero-order valence-corrected chi connectivity index (χ0v) is 13.8. The third-order valence-electron chi connectivity index (χ3n) is 4.94. The average molecular weight is 312 g/mol. The second-order valence-electron chi connectivity index (χ2n) is 6.33. The quantitative estimate of drug-likeness (QED) is 0.917. The Balaban J connectivity index is 1.80. The topological polar surface area (TPSA) is 38.7 Å². The highest BCUT2D eigenvalue weighted by Crippen LogP contribution is 2.44. The van der Waals surface area contributed by atoms with Crippen LogP contribution in [0, 0.1) is 0 Å². The largest absolute Gasteiger partial charge is 0.497 e. The van der Waals surface area contributed by atoms with Crippen molar-refractivity contribution in [2.45, 2.75) is 37.2 Å². The van der Waals surface area contributed by atoms with E-state index in [0.29, 0.717) is 5.92 Å². The maximum atomic E-state index is 11.2. The molecular weight excluding hydrogens is 288 g/mol. The van der Waals surface area contributed by atoms with Gasteiger partial charge >= 0.3 is 0 Å². The summed E-state index contributed by atoms with van der Waals surface area (Å²) in [5, 5.41) is 11.2. The summed E-state index contributed by atoms with van der Waals surface area (Å²) in [6.07, 6.45) is 3.71. The lowest BCUT2D eigenvalue weighted by atomic mass is 9.72. The van der Waals surface area contributed by atoms with Crippen LogP contribution in [0.4, 0.5) is 0 Å². The number of hydrogen-bond acceptors (Lipinski definition) is 3. The molecule has 0 spiro atoms. The van der Waals surface area contributed by atoms with Crippen molar-refractivity contribution >= 4 is 0 Å². The number of aliphatic hydroxyl groups is 1. The molecule has 1 saturated carbocycles. The normalized spacial score (nSPS) is 24.2. The third-order valence-corrected chi connectivity index (χ3v) is 4.94. The van der Waals surface area contributed by atoms with E-state index < -0.39 is 5.60 Å². The smallest absolute Gasteiger partial charge is 0.118 e. The van der Waals surface area contributed by atoms with Gasteiger partial charge in [-0.25, -0.2) is 0 Å². The standard InChI is InChI=1S/C20H24O3/c1-22-18-9-5-15(6-10-18)16-4-3-13-20(21,14-16)17-7-11-19(23-2)12-8-17/h5-12,16,21H,3-4,13-14H2,1-2H3/t16-,20-/m1/s1. The van der Waals surface area contributed by atoms with E-state index in [1.165, 1.54) is 5.56 Å². The molecule has 0 unspecified atom stereocenters. The Kier molecular flexibility index (Phi) is 4.58. The van der Waals surface area contributed by atoms with Crippen LogP contribution in [0.3, 0.4) is 0 Å². The van der Waals surface area contributed by atoms with E-state index in [1.54, 1.807) is 14.2 Å². The van der Waals surface area contributed by atoms with Gasteiger partial charge in [0.05, 0.1) is 19.8 Å². The number of ether oxygens (including phenoxy) is 2. The molecule has 0 saturated heterocycles. The van der Waals surface area contributed by atoms with Crippen LogP contribution in [0.1, 0.15) is 42.7 Å². The van der Waals surface area contributed by atoms with Crippen LogP contribution in [0.15, 0.2) is 48.5 Å². The lowest BCUT2D eigenvalue weighted by Crippen LogP contribution is -2.31. The first-order chi connectivity index (χ1) is 11.1. The molecule has 3 heteroatoms. The first-order valence-corrected chi connectivity index (χ1v) is 8.15. The monoisotopic (exact) mass is 312 g/mol. The van der Waals surface area contributed by atoms with Gasteiger partial charge < -0.3 is 14.6 Å². The van der Waals surface area contributed by atoms with Crippen molar-refractivity contribution in [3.05, 3.63) is 59.7 Å². The summed E-state index contributed by atoms with van der Waals surface area (Å²) in [6, 6.07) is 16.0. The molecule has 1 N–H and O–H groups in total. The Morgan fingerprint density at radius 1 is 0.913 bits per heavy atom. The fourth-order valence-corrected chi connectivity index (χ4v) is 3.58. The van der Waals surface area contributed by atoms with Crippen LogP contribution in [0.25, 0.3) is 0 Å². The van der Waals surface area contributed by atoms with Gasteiger partial charge in [-0.05, 0) is 67.0 Å². The van der Waals surface area contributed by atoms with E-state index in [0.717, 1.165) is 42.7 Å². The molecule has 1 aliphatic rings. The number of methoxy groups -OCH3 is 2. The fraction of sp³-hybridized carbons (Fsp3) is 0.400. The van der Waals surface area contributed by atoms with Crippen LogP contribution in [0.2, 0.25) is 0 Å². The van der Waals surface area contributed by atoms with Crippen molar-refractivity contribution in [2.75, 3.05) is 14.2 Å². The number of rotatable bonds is 4. The van der Waals surface area contributed by atoms with Crippen LogP contribution in [-0.2, 0) is 5.60 Å². The molecule has 3 nitrogen and oxygen atoms in total. The summed E-state index contributed by atoms with van der Waals surface area (Å²) in [5.74, 6) is 2.07. The van der Waals surface area contributed by atoms with Crippen LogP contribution in [0.5, 0.6) is 11.5 Å². The highest BCUT2D eigenvalue weighted by Gasteiger charge is 2.36. The summed E-state index contributed by atoms with van der Waals surface area (Å²) in [7, 11) is 3.34. The zero-order valence-electron chi connectivity index (χ0n) is 13.8. The van der Waals surface area contributed by atoms with E-state index in [4.69, 9.17) is 9.47 Å². The van der Waals surface area contributed by atoms with Gasteiger partial charge in [0.2, 0.25) is 0 Å². The van der Waals surface area contributed by atoms with Gasteiger partial charge in [-0.15, -0.1) is 0 Å². The van der Waals surface area contributed by atoms with Crippen molar-refractivity contribution in [1.29, 1.82) is 0 Å². The van der Waals surface area contributed by atoms with Gasteiger partial charge in [0, 0.05) is 0 Å². The molecular formula is C20H24O3. The Morgan fingerprint density at radius 2 is 1.48 bits per heavy atom. The zero-order chi connectivity index (χ0) is 16.3. The minimum atomic E-state index is -0.755. The lowest BCUT2D eigenvalue weighted by Gasteiger charge is -2.37. The second kappa shape index (κ2) is 6.63. The van der Waals surface area contributed by atoms with Gasteiger partial charge in [0.25, 0.3) is 0 Å². The van der Waals surface area contributed by atoms with Crippen LogP contribution in [-0.4, -0.2) is 19.3 Å². The van der Waals surface area contributed by atoms with E-state index in [-0.39, 0.29) is 0 Å². The predicted molar refractivity (Wildman–Crippen MR) is 91.1 cm³/mol. The molecule has 2 atom stereocenters. The molecule has 0 bridgehead atoms. The third kappa shape index (κ3) is 3.35. The van der Waals surface area contributed by atoms with E-state index in [1.807, 2.05) is 36.4 Å². The summed E-state index contributed by atoms with van der Waals surface area (Å²) in [6.45, 7) is 0. The molecule has 0 aliphatic heterocycles. The van der Waals surface area contributed by atoms with E-state index >= 15 is 0 Å². The molecule has 23 heavy (non-hydrogen) atoms. The average Bonchev–Trinajstić information content (AvgIpc) is 2.62. The van der Waals surface area contributed by atoms with Crippen molar-refractivity contribution in [3.63, 3.8) is 0 Å². The molecule has 1 aliphatic carbocycles. The van der Waals surface area contributed by atoms with E-state index in [9.17, 15) is 5.11 Å². The molecule has 1 fully saturated rings. The SMILES string of the molecule is COc1ccc([C@@H]2CCC[C@](O)(c3ccc(OC)cc3)C2)cc1. The van der Waals surface area contributed by atoms with Crippen LogP contribution < -0.4 is 9.47 Å². The van der Waals surface area contributed by atoms with Crippen molar-refractivity contribution < 1.29 is 14.6 Å². The predicted octanol–water partition coefficient (Wildman–Crippen LogP) is 4.25. The number of hydrogen-bond donors (Lipinski definition) is 1. The minimum Gasteiger partial charge on any atom is -0.497 e. The molecule has 0 aromatic heterocycles. The van der Waals surface area contributed by atoms with Gasteiger partial charge in [-0.1, -0.05) is 24.3 Å². The minimum absolute atomic E-state index is 0.377. The van der Waals surface area contributed by atoms with Gasteiger partial charge in [0.15, 0.2) is 0 Å². The molecule has 0 radical (unpaired) electrons. The van der Waals surface area contributed by atoms with Crippen molar-refractivity contribution in [1.82, 2.24) is 0 Å². The molecule has 122 valence electrons. The highest BCUT2D eigenvalue weighted by molar-refractivity contribution is 5.34. The molecule has 3 rings (SSSR count). The summed E-state index contributed by atoms with van der Waals surface area (Å²) in [5.41, 5.74) is 1.50. The Hall–Kier alpha value is -2.00. The number of benzene rings is 2. The first kappa shape index (κ1) is 15.9. The highest BCUT2D eigenvalue weighted by atomic mass is 16.5. The summed E-state index contributed by atoms with van der Waals surface area (Å²) >= 11 is 0. The summed E-state index contributed by atoms with van der Waals surface area (Å²) < 4.78 is 10.4. The molecule has 2 aromatic rings. The summed E-state index contributed by atoms with van der Waals surface area (Å²) in [4.78, 5) is 0.